The maximum atomic E-state index is 12.7. The second-order valence-electron chi connectivity index (χ2n) is 15.7. The van der Waals surface area contributed by atoms with Gasteiger partial charge in [0.1, 0.15) is 30.5 Å². The van der Waals surface area contributed by atoms with E-state index in [9.17, 15) is 24.0 Å². The number of hydrogen-bond acceptors (Lipinski definition) is 10. The van der Waals surface area contributed by atoms with Gasteiger partial charge < -0.3 is 40.6 Å². The second kappa shape index (κ2) is 24.5. The summed E-state index contributed by atoms with van der Waals surface area (Å²) in [7, 11) is 0. The third-order valence-corrected chi connectivity index (χ3v) is 8.46. The van der Waals surface area contributed by atoms with Crippen LogP contribution >= 0.6 is 0 Å². The molecule has 0 bridgehead atoms. The Morgan fingerprint density at radius 1 is 0.719 bits per heavy atom. The van der Waals surface area contributed by atoms with Crippen molar-refractivity contribution in [2.45, 2.75) is 122 Å². The first-order valence-electron chi connectivity index (χ1n) is 19.7. The number of amides is 3. The minimum atomic E-state index is -0.655. The highest BCUT2D eigenvalue weighted by atomic mass is 16.6. The van der Waals surface area contributed by atoms with E-state index in [1.54, 1.807) is 47.6 Å². The summed E-state index contributed by atoms with van der Waals surface area (Å²) in [5.74, 6) is -0.537. The Morgan fingerprint density at radius 3 is 1.72 bits per heavy atom. The number of ether oxygens (including phenoxy) is 4. The number of unbranched alkanes of at least 4 members (excludes halogenated alkanes) is 2. The minimum Gasteiger partial charge on any atom is -0.460 e. The van der Waals surface area contributed by atoms with Crippen LogP contribution in [0, 0.1) is 0 Å². The van der Waals surface area contributed by atoms with Crippen molar-refractivity contribution in [3.05, 3.63) is 85.0 Å². The Hall–Kier alpha value is -5.17. The fraction of sp³-hybridized carbons (Fsp3) is 0.523. The smallest absolute Gasteiger partial charge is 0.407 e. The topological polar surface area (TPSA) is 184 Å². The highest BCUT2D eigenvalue weighted by Crippen LogP contribution is 2.44. The number of benzene rings is 2. The van der Waals surface area contributed by atoms with Crippen LogP contribution < -0.4 is 21.7 Å². The van der Waals surface area contributed by atoms with E-state index in [1.807, 2.05) is 24.3 Å². The van der Waals surface area contributed by atoms with Crippen LogP contribution in [0.1, 0.15) is 110 Å². The molecule has 2 atom stereocenters. The molecular formula is C44H64N4O9. The highest BCUT2D eigenvalue weighted by molar-refractivity contribution is 5.87. The van der Waals surface area contributed by atoms with Crippen LogP contribution in [0.4, 0.5) is 14.4 Å². The number of alkyl carbamates (subject to hydrolysis) is 3. The fourth-order valence-electron chi connectivity index (χ4n) is 5.85. The molecule has 0 radical (unpaired) electrons. The van der Waals surface area contributed by atoms with Crippen LogP contribution in [0.2, 0.25) is 0 Å². The molecule has 1 aliphatic rings. The molecule has 0 heterocycles. The maximum Gasteiger partial charge on any atom is 0.407 e. The Bertz CT molecular complexity index is 1580. The van der Waals surface area contributed by atoms with Crippen molar-refractivity contribution < 1.29 is 42.9 Å². The van der Waals surface area contributed by atoms with E-state index >= 15 is 0 Å². The van der Waals surface area contributed by atoms with Gasteiger partial charge in [-0.25, -0.2) is 14.4 Å². The number of nitrogens with two attached hydrogens (primary N) is 1. The Kier molecular flexibility index (Phi) is 20.6. The SMILES string of the molecule is C=CCCC(=O)C(CCCCNC(=O)OC(C)(C)C)NC(=O)OCC1c2ccccc2-c2ccccc21.C=CCOC(=O)C(N)CCCCNC(=O)OC(C)(C)C. The summed E-state index contributed by atoms with van der Waals surface area (Å²) in [4.78, 5) is 60.0. The van der Waals surface area contributed by atoms with Gasteiger partial charge in [0.25, 0.3) is 0 Å². The van der Waals surface area contributed by atoms with E-state index in [0.29, 0.717) is 51.6 Å². The number of fused-ring (bicyclic) bond motifs is 3. The predicted octanol–water partition coefficient (Wildman–Crippen LogP) is 7.86. The average Bonchev–Trinajstić information content (AvgIpc) is 3.46. The summed E-state index contributed by atoms with van der Waals surface area (Å²) in [5, 5.41) is 8.13. The first-order chi connectivity index (χ1) is 27.0. The number of carbonyl (C=O) groups excluding carboxylic acids is 5. The Labute approximate surface area is 338 Å². The first-order valence-corrected chi connectivity index (χ1v) is 19.7. The molecule has 314 valence electrons. The predicted molar refractivity (Wildman–Crippen MR) is 222 cm³/mol. The molecular weight excluding hydrogens is 729 g/mol. The summed E-state index contributed by atoms with van der Waals surface area (Å²) in [6.07, 6.45) is 6.23. The molecule has 2 aromatic carbocycles. The van der Waals surface area contributed by atoms with Crippen molar-refractivity contribution in [3.8, 4) is 11.1 Å². The monoisotopic (exact) mass is 792 g/mol. The molecule has 1 aliphatic carbocycles. The molecule has 3 rings (SSSR count). The molecule has 5 N–H and O–H groups in total. The average molecular weight is 793 g/mol. The fourth-order valence-corrected chi connectivity index (χ4v) is 5.85. The van der Waals surface area contributed by atoms with Crippen LogP contribution in [-0.4, -0.2) is 79.6 Å². The molecule has 0 aromatic heterocycles. The molecule has 13 heteroatoms. The quantitative estimate of drug-likeness (QED) is 0.0445. The number of Topliss-reactive ketones (excluding diaryl/α,β-unsaturated/α-hetero) is 1. The normalized spacial score (nSPS) is 12.9. The van der Waals surface area contributed by atoms with Crippen molar-refractivity contribution in [1.82, 2.24) is 16.0 Å². The number of ketones is 1. The zero-order valence-corrected chi connectivity index (χ0v) is 34.7. The van der Waals surface area contributed by atoms with Gasteiger partial charge in [-0.2, -0.15) is 0 Å². The van der Waals surface area contributed by atoms with Crippen molar-refractivity contribution in [3.63, 3.8) is 0 Å². The summed E-state index contributed by atoms with van der Waals surface area (Å²) in [6.45, 7) is 19.2. The van der Waals surface area contributed by atoms with E-state index in [-0.39, 0.29) is 24.9 Å². The molecule has 0 aliphatic heterocycles. The van der Waals surface area contributed by atoms with Crippen LogP contribution in [0.3, 0.4) is 0 Å². The molecule has 0 spiro atoms. The van der Waals surface area contributed by atoms with Gasteiger partial charge in [-0.1, -0.05) is 67.3 Å². The van der Waals surface area contributed by atoms with E-state index in [4.69, 9.17) is 24.7 Å². The molecule has 13 nitrogen and oxygen atoms in total. The number of hydrogen-bond donors (Lipinski definition) is 4. The highest BCUT2D eigenvalue weighted by Gasteiger charge is 2.30. The number of carbonyl (C=O) groups is 5. The largest absolute Gasteiger partial charge is 0.460 e. The van der Waals surface area contributed by atoms with Crippen LogP contribution in [0.25, 0.3) is 11.1 Å². The number of nitrogens with one attached hydrogen (secondary N) is 3. The van der Waals surface area contributed by atoms with Gasteiger partial charge in [0, 0.05) is 25.4 Å². The third-order valence-electron chi connectivity index (χ3n) is 8.46. The zero-order chi connectivity index (χ0) is 42.4. The summed E-state index contributed by atoms with van der Waals surface area (Å²) in [5.41, 5.74) is 9.19. The number of esters is 1. The number of allylic oxidation sites excluding steroid dienone is 1. The van der Waals surface area contributed by atoms with Gasteiger partial charge in [-0.15, -0.1) is 6.58 Å². The standard InChI is InChI=1S/C30H38N2O5.C14H26N2O4/c1-5-6-18-27(33)26(17-11-12-19-31-28(34)37-30(2,3)4)32-29(35)36-20-25-23-15-9-7-13-21(23)22-14-8-10-16-24(22)25;1-5-10-19-12(17)11(15)8-6-7-9-16-13(18)20-14(2,3)4/h5,7-10,13-16,25-26H,1,6,11-12,17-20H2,2-4H3,(H,31,34)(H,32,35);5,11H,1,6-10,15H2,2-4H3,(H,16,18). The third kappa shape index (κ3) is 19.0. The van der Waals surface area contributed by atoms with Crippen molar-refractivity contribution in [1.29, 1.82) is 0 Å². The lowest BCUT2D eigenvalue weighted by molar-refractivity contribution is -0.144. The van der Waals surface area contributed by atoms with Gasteiger partial charge in [0.15, 0.2) is 5.78 Å². The summed E-state index contributed by atoms with van der Waals surface area (Å²) in [6, 6.07) is 15.0. The van der Waals surface area contributed by atoms with Crippen LogP contribution in [0.15, 0.2) is 73.8 Å². The van der Waals surface area contributed by atoms with Crippen molar-refractivity contribution in [2.75, 3.05) is 26.3 Å². The maximum absolute atomic E-state index is 12.7. The first kappa shape index (κ1) is 48.0. The van der Waals surface area contributed by atoms with Crippen LogP contribution in [0.5, 0.6) is 0 Å². The lowest BCUT2D eigenvalue weighted by atomic mass is 9.98. The molecule has 0 saturated carbocycles. The van der Waals surface area contributed by atoms with Gasteiger partial charge in [-0.3, -0.25) is 9.59 Å². The van der Waals surface area contributed by atoms with Gasteiger partial charge in [0.2, 0.25) is 0 Å². The summed E-state index contributed by atoms with van der Waals surface area (Å²) >= 11 is 0. The van der Waals surface area contributed by atoms with E-state index in [2.05, 4.69) is 53.4 Å². The van der Waals surface area contributed by atoms with Crippen molar-refractivity contribution in [2.24, 2.45) is 5.73 Å². The molecule has 2 aromatic rings. The molecule has 0 fully saturated rings. The van der Waals surface area contributed by atoms with Crippen molar-refractivity contribution >= 4 is 30.0 Å². The Balaban J connectivity index is 0.000000476. The van der Waals surface area contributed by atoms with E-state index < -0.39 is 47.5 Å². The van der Waals surface area contributed by atoms with Gasteiger partial charge in [0.05, 0.1) is 6.04 Å². The molecule has 57 heavy (non-hydrogen) atoms. The Morgan fingerprint density at radius 2 is 1.23 bits per heavy atom. The van der Waals surface area contributed by atoms with E-state index in [1.165, 1.54) is 6.08 Å². The van der Waals surface area contributed by atoms with Gasteiger partial charge in [-0.05, 0) is 109 Å². The van der Waals surface area contributed by atoms with E-state index in [0.717, 1.165) is 35.1 Å². The molecule has 3 amide bonds. The van der Waals surface area contributed by atoms with Gasteiger partial charge >= 0.3 is 24.2 Å². The van der Waals surface area contributed by atoms with Crippen LogP contribution in [-0.2, 0) is 28.5 Å². The zero-order valence-electron chi connectivity index (χ0n) is 34.7. The minimum absolute atomic E-state index is 0.0491. The second-order valence-corrected chi connectivity index (χ2v) is 15.7. The molecule has 0 saturated heterocycles. The summed E-state index contributed by atoms with van der Waals surface area (Å²) < 4.78 is 20.8. The number of rotatable bonds is 20. The lowest BCUT2D eigenvalue weighted by Crippen LogP contribution is -2.41. The lowest BCUT2D eigenvalue weighted by Gasteiger charge is -2.20. The molecule has 2 unspecified atom stereocenters.